The summed E-state index contributed by atoms with van der Waals surface area (Å²) in [5.41, 5.74) is 0.407. The molecule has 0 bridgehead atoms. The number of carboxylic acids is 1. The van der Waals surface area contributed by atoms with Gasteiger partial charge >= 0.3 is 5.97 Å². The minimum atomic E-state index is -0.809. The molecule has 1 heterocycles. The van der Waals surface area contributed by atoms with Gasteiger partial charge in [0.1, 0.15) is 0 Å². The second-order valence-electron chi connectivity index (χ2n) is 8.01. The third kappa shape index (κ3) is 5.79. The lowest BCUT2D eigenvalue weighted by atomic mass is 9.72. The fourth-order valence-corrected chi connectivity index (χ4v) is 3.80. The summed E-state index contributed by atoms with van der Waals surface area (Å²) in [6, 6.07) is 0. The van der Waals surface area contributed by atoms with Crippen LogP contribution in [0.1, 0.15) is 58.8 Å². The predicted octanol–water partition coefficient (Wildman–Crippen LogP) is 2.84. The van der Waals surface area contributed by atoms with Gasteiger partial charge in [-0.15, -0.1) is 0 Å². The van der Waals surface area contributed by atoms with Gasteiger partial charge in [0.15, 0.2) is 0 Å². The van der Waals surface area contributed by atoms with Gasteiger partial charge in [-0.2, -0.15) is 0 Å². The van der Waals surface area contributed by atoms with Crippen LogP contribution in [0.5, 0.6) is 0 Å². The number of aliphatic carboxylic acids is 1. The van der Waals surface area contributed by atoms with Gasteiger partial charge in [-0.3, -0.25) is 9.59 Å². The average molecular weight is 325 g/mol. The molecule has 2 aliphatic rings. The molecule has 5 heteroatoms. The molecule has 1 aliphatic carbocycles. The standard InChI is InChI=1S/C18H31NO4/c1-18(2)7-3-13(4-8-18)11-16(20)19-12-15(17(21)22)14-5-9-23-10-6-14/h13-15H,3-12H2,1-2H3,(H,19,20)(H,21,22). The van der Waals surface area contributed by atoms with Crippen LogP contribution in [0, 0.1) is 23.2 Å². The molecule has 23 heavy (non-hydrogen) atoms. The number of hydrogen-bond acceptors (Lipinski definition) is 3. The van der Waals surface area contributed by atoms with Gasteiger partial charge in [-0.1, -0.05) is 13.8 Å². The molecule has 1 amide bonds. The first-order valence-corrected chi connectivity index (χ1v) is 8.94. The summed E-state index contributed by atoms with van der Waals surface area (Å²) in [4.78, 5) is 23.6. The Hall–Kier alpha value is -1.10. The topological polar surface area (TPSA) is 75.6 Å². The van der Waals surface area contributed by atoms with Gasteiger partial charge in [-0.05, 0) is 55.8 Å². The third-order valence-corrected chi connectivity index (χ3v) is 5.60. The Morgan fingerprint density at radius 3 is 2.35 bits per heavy atom. The molecule has 132 valence electrons. The van der Waals surface area contributed by atoms with Gasteiger partial charge in [0, 0.05) is 26.2 Å². The van der Waals surface area contributed by atoms with E-state index in [2.05, 4.69) is 19.2 Å². The zero-order valence-corrected chi connectivity index (χ0v) is 14.5. The quantitative estimate of drug-likeness (QED) is 0.787. The van der Waals surface area contributed by atoms with E-state index >= 15 is 0 Å². The van der Waals surface area contributed by atoms with Crippen molar-refractivity contribution in [3.63, 3.8) is 0 Å². The van der Waals surface area contributed by atoms with E-state index in [4.69, 9.17) is 4.74 Å². The Morgan fingerprint density at radius 1 is 1.17 bits per heavy atom. The van der Waals surface area contributed by atoms with Crippen molar-refractivity contribution < 1.29 is 19.4 Å². The highest BCUT2D eigenvalue weighted by atomic mass is 16.5. The van der Waals surface area contributed by atoms with Gasteiger partial charge < -0.3 is 15.2 Å². The summed E-state index contributed by atoms with van der Waals surface area (Å²) in [7, 11) is 0. The van der Waals surface area contributed by atoms with Crippen LogP contribution in [0.4, 0.5) is 0 Å². The zero-order chi connectivity index (χ0) is 16.9. The van der Waals surface area contributed by atoms with Crippen LogP contribution in [0.3, 0.4) is 0 Å². The van der Waals surface area contributed by atoms with Crippen molar-refractivity contribution >= 4 is 11.9 Å². The lowest BCUT2D eigenvalue weighted by molar-refractivity contribution is -0.145. The van der Waals surface area contributed by atoms with Crippen molar-refractivity contribution in [2.75, 3.05) is 19.8 Å². The molecule has 1 saturated carbocycles. The summed E-state index contributed by atoms with van der Waals surface area (Å²) in [5, 5.41) is 12.3. The Morgan fingerprint density at radius 2 is 1.78 bits per heavy atom. The maximum absolute atomic E-state index is 12.2. The highest BCUT2D eigenvalue weighted by molar-refractivity contribution is 5.77. The zero-order valence-electron chi connectivity index (χ0n) is 14.5. The molecular weight excluding hydrogens is 294 g/mol. The number of rotatable bonds is 6. The van der Waals surface area contributed by atoms with Crippen LogP contribution in [0.15, 0.2) is 0 Å². The molecule has 2 N–H and O–H groups in total. The molecule has 0 aromatic carbocycles. The fraction of sp³-hybridized carbons (Fsp3) is 0.889. The molecule has 2 fully saturated rings. The SMILES string of the molecule is CC1(C)CCC(CC(=O)NCC(C(=O)O)C2CCOCC2)CC1. The number of nitrogens with one attached hydrogen (secondary N) is 1. The Bertz CT molecular complexity index is 405. The molecule has 1 saturated heterocycles. The average Bonchev–Trinajstić information content (AvgIpc) is 2.50. The molecule has 1 aliphatic heterocycles. The number of carbonyl (C=O) groups excluding carboxylic acids is 1. The maximum Gasteiger partial charge on any atom is 0.308 e. The van der Waals surface area contributed by atoms with Crippen LogP contribution >= 0.6 is 0 Å². The van der Waals surface area contributed by atoms with Gasteiger partial charge in [0.2, 0.25) is 5.91 Å². The minimum absolute atomic E-state index is 0.00742. The van der Waals surface area contributed by atoms with E-state index in [-0.39, 0.29) is 18.4 Å². The highest BCUT2D eigenvalue weighted by Gasteiger charge is 2.31. The van der Waals surface area contributed by atoms with Crippen LogP contribution < -0.4 is 5.32 Å². The molecule has 2 rings (SSSR count). The van der Waals surface area contributed by atoms with Crippen LogP contribution in [0.25, 0.3) is 0 Å². The summed E-state index contributed by atoms with van der Waals surface area (Å²) >= 11 is 0. The second kappa shape index (κ2) is 8.13. The Balaban J connectivity index is 1.74. The van der Waals surface area contributed by atoms with E-state index in [1.807, 2.05) is 0 Å². The van der Waals surface area contributed by atoms with Gasteiger partial charge in [0.25, 0.3) is 0 Å². The maximum atomic E-state index is 12.2. The molecule has 0 spiro atoms. The third-order valence-electron chi connectivity index (χ3n) is 5.60. The number of carbonyl (C=O) groups is 2. The van der Waals surface area contributed by atoms with Crippen LogP contribution in [-0.4, -0.2) is 36.7 Å². The molecule has 1 unspecified atom stereocenters. The molecule has 0 radical (unpaired) electrons. The highest BCUT2D eigenvalue weighted by Crippen LogP contribution is 2.39. The smallest absolute Gasteiger partial charge is 0.308 e. The summed E-state index contributed by atoms with van der Waals surface area (Å²) < 4.78 is 5.29. The second-order valence-corrected chi connectivity index (χ2v) is 8.01. The first kappa shape index (κ1) is 18.2. The van der Waals surface area contributed by atoms with Crippen LogP contribution in [0.2, 0.25) is 0 Å². The lowest BCUT2D eigenvalue weighted by Crippen LogP contribution is -2.39. The van der Waals surface area contributed by atoms with E-state index in [0.29, 0.717) is 31.0 Å². The van der Waals surface area contributed by atoms with Crippen molar-refractivity contribution in [3.05, 3.63) is 0 Å². The first-order chi connectivity index (χ1) is 10.9. The van der Waals surface area contributed by atoms with E-state index in [1.54, 1.807) is 0 Å². The van der Waals surface area contributed by atoms with E-state index < -0.39 is 11.9 Å². The van der Waals surface area contributed by atoms with E-state index in [0.717, 1.165) is 25.7 Å². The molecule has 0 aromatic rings. The van der Waals surface area contributed by atoms with Crippen molar-refractivity contribution in [2.24, 2.45) is 23.2 Å². The lowest BCUT2D eigenvalue weighted by Gasteiger charge is -2.34. The first-order valence-electron chi connectivity index (χ1n) is 8.94. The Labute approximate surface area is 139 Å². The molecule has 1 atom stereocenters. The summed E-state index contributed by atoms with van der Waals surface area (Å²) in [5.74, 6) is -0.732. The monoisotopic (exact) mass is 325 g/mol. The molecule has 0 aromatic heterocycles. The molecular formula is C18H31NO4. The number of amides is 1. The van der Waals surface area contributed by atoms with Crippen molar-refractivity contribution in [1.82, 2.24) is 5.32 Å². The number of ether oxygens (including phenoxy) is 1. The Kier molecular flexibility index (Phi) is 6.45. The predicted molar refractivity (Wildman–Crippen MR) is 88.0 cm³/mol. The minimum Gasteiger partial charge on any atom is -0.481 e. The van der Waals surface area contributed by atoms with Gasteiger partial charge in [-0.25, -0.2) is 0 Å². The van der Waals surface area contributed by atoms with Crippen molar-refractivity contribution in [1.29, 1.82) is 0 Å². The van der Waals surface area contributed by atoms with Crippen molar-refractivity contribution in [3.8, 4) is 0 Å². The van der Waals surface area contributed by atoms with E-state index in [1.165, 1.54) is 12.8 Å². The summed E-state index contributed by atoms with van der Waals surface area (Å²) in [6.07, 6.45) is 6.62. The molecule has 5 nitrogen and oxygen atoms in total. The fourth-order valence-electron chi connectivity index (χ4n) is 3.80. The van der Waals surface area contributed by atoms with Crippen LogP contribution in [-0.2, 0) is 14.3 Å². The van der Waals surface area contributed by atoms with Gasteiger partial charge in [0.05, 0.1) is 5.92 Å². The summed E-state index contributed by atoms with van der Waals surface area (Å²) in [6.45, 7) is 6.07. The normalized spacial score (nSPS) is 24.1. The number of carboxylic acid groups (broad SMARTS) is 1. The van der Waals surface area contributed by atoms with E-state index in [9.17, 15) is 14.7 Å². The largest absolute Gasteiger partial charge is 0.481 e. The van der Waals surface area contributed by atoms with Crippen molar-refractivity contribution in [2.45, 2.75) is 58.8 Å². The number of hydrogen-bond donors (Lipinski definition) is 2.